The number of carboxylic acids is 1. The molecule has 1 aromatic carbocycles. The summed E-state index contributed by atoms with van der Waals surface area (Å²) in [6.45, 7) is 9.91. The van der Waals surface area contributed by atoms with Gasteiger partial charge in [0.05, 0.1) is 5.69 Å². The lowest BCUT2D eigenvalue weighted by Crippen LogP contribution is -2.55. The van der Waals surface area contributed by atoms with Gasteiger partial charge >= 0.3 is 0 Å². The van der Waals surface area contributed by atoms with Gasteiger partial charge in [0.2, 0.25) is 0 Å². The first-order valence-corrected chi connectivity index (χ1v) is 9.02. The van der Waals surface area contributed by atoms with Crippen LogP contribution >= 0.6 is 0 Å². The molecule has 3 aliphatic rings. The molecule has 8 nitrogen and oxygen atoms in total. The highest BCUT2D eigenvalue weighted by atomic mass is 16.5. The Bertz CT molecular complexity index is 797. The number of ether oxygens (including phenoxy) is 1. The van der Waals surface area contributed by atoms with Crippen molar-refractivity contribution < 1.29 is 19.4 Å². The second-order valence-corrected chi connectivity index (χ2v) is 7.70. The van der Waals surface area contributed by atoms with E-state index in [2.05, 4.69) is 41.8 Å². The average Bonchev–Trinajstić information content (AvgIpc) is 2.56. The Labute approximate surface area is 158 Å². The third kappa shape index (κ3) is 3.90. The summed E-state index contributed by atoms with van der Waals surface area (Å²) in [6.07, 6.45) is 1.03. The van der Waals surface area contributed by atoms with Gasteiger partial charge in [0.1, 0.15) is 18.4 Å². The molecule has 1 atom stereocenters. The molecule has 8 heteroatoms. The van der Waals surface area contributed by atoms with Crippen LogP contribution in [0.3, 0.4) is 0 Å². The lowest BCUT2D eigenvalue weighted by atomic mass is 9.77. The quantitative estimate of drug-likeness (QED) is 0.720. The molecule has 146 valence electrons. The molecule has 4 rings (SSSR count). The molecule has 3 heterocycles. The number of aryl methyl sites for hydroxylation is 1. The maximum absolute atomic E-state index is 12.0. The summed E-state index contributed by atoms with van der Waals surface area (Å²) in [6, 6.07) is 4.00. The molecule has 0 spiro atoms. The fraction of sp³-hybridized carbons (Fsp3) is 0.526. The van der Waals surface area contributed by atoms with Gasteiger partial charge in [-0.05, 0) is 48.9 Å². The van der Waals surface area contributed by atoms with E-state index < -0.39 is 5.97 Å². The zero-order valence-corrected chi connectivity index (χ0v) is 16.1. The number of carbonyl (C=O) groups excluding carboxylic acids is 1. The predicted molar refractivity (Wildman–Crippen MR) is 102 cm³/mol. The number of fused-ring (bicyclic) bond motifs is 3. The van der Waals surface area contributed by atoms with Crippen LogP contribution in [0.5, 0.6) is 5.75 Å². The van der Waals surface area contributed by atoms with Gasteiger partial charge < -0.3 is 20.1 Å². The Kier molecular flexibility index (Phi) is 5.10. The number of nitrogens with zero attached hydrogens (tertiary/aromatic N) is 2. The van der Waals surface area contributed by atoms with Gasteiger partial charge in [0.25, 0.3) is 11.9 Å². The number of anilines is 1. The van der Waals surface area contributed by atoms with E-state index in [1.165, 1.54) is 11.1 Å². The maximum Gasteiger partial charge on any atom is 0.300 e. The third-order valence-corrected chi connectivity index (χ3v) is 5.09. The summed E-state index contributed by atoms with van der Waals surface area (Å²) < 4.78 is 5.85. The van der Waals surface area contributed by atoms with Crippen molar-refractivity contribution in [2.75, 3.05) is 24.6 Å². The summed E-state index contributed by atoms with van der Waals surface area (Å²) in [7, 11) is 0. The second kappa shape index (κ2) is 7.19. The summed E-state index contributed by atoms with van der Waals surface area (Å²) in [5.41, 5.74) is 6.39. The first-order chi connectivity index (χ1) is 12.7. The largest absolute Gasteiger partial charge is 0.483 e. The van der Waals surface area contributed by atoms with Gasteiger partial charge in [0, 0.05) is 20.0 Å². The van der Waals surface area contributed by atoms with Gasteiger partial charge in [-0.25, -0.2) is 5.43 Å². The lowest BCUT2D eigenvalue weighted by Gasteiger charge is -2.41. The molecule has 1 unspecified atom stereocenters. The normalized spacial score (nSPS) is 21.9. The highest BCUT2D eigenvalue weighted by Crippen LogP contribution is 2.39. The summed E-state index contributed by atoms with van der Waals surface area (Å²) in [5, 5.41) is 14.9. The van der Waals surface area contributed by atoms with Crippen LogP contribution < -0.4 is 20.4 Å². The van der Waals surface area contributed by atoms with Gasteiger partial charge in [-0.1, -0.05) is 6.92 Å². The minimum Gasteiger partial charge on any atom is -0.483 e. The van der Waals surface area contributed by atoms with Crippen molar-refractivity contribution in [3.63, 3.8) is 0 Å². The third-order valence-electron chi connectivity index (χ3n) is 5.09. The molecule has 0 bridgehead atoms. The Morgan fingerprint density at radius 2 is 2.11 bits per heavy atom. The highest BCUT2D eigenvalue weighted by molar-refractivity contribution is 6.09. The molecule has 3 N–H and O–H groups in total. The van der Waals surface area contributed by atoms with Crippen molar-refractivity contribution in [2.45, 2.75) is 40.2 Å². The van der Waals surface area contributed by atoms with Crippen molar-refractivity contribution in [2.24, 2.45) is 10.5 Å². The van der Waals surface area contributed by atoms with E-state index in [0.717, 1.165) is 43.7 Å². The van der Waals surface area contributed by atoms with E-state index >= 15 is 0 Å². The number of hydrazone groups is 1. The summed E-state index contributed by atoms with van der Waals surface area (Å²) >= 11 is 0. The molecular formula is C19H26N4O4. The van der Waals surface area contributed by atoms with Crippen LogP contribution in [-0.2, 0) is 16.0 Å². The van der Waals surface area contributed by atoms with Crippen LogP contribution in [-0.4, -0.2) is 48.6 Å². The Morgan fingerprint density at radius 3 is 2.70 bits per heavy atom. The monoisotopic (exact) mass is 374 g/mol. The number of carboxylic acid groups (broad SMARTS) is 1. The van der Waals surface area contributed by atoms with Crippen molar-refractivity contribution in [3.8, 4) is 5.75 Å². The van der Waals surface area contributed by atoms with Crippen molar-refractivity contribution in [1.82, 2.24) is 10.7 Å². The standard InChI is InChI=1S/C17H22N4O2.C2H4O2/c1-10-4-14-13(5-12(10)6-17(3)8-18-9-17)21-11(2)16(22)20-19-15(21)7-23-14;1-2(3)4/h4-5,11,18H,6-9H2,1-3H3,(H,20,22);1H3,(H,3,4). The van der Waals surface area contributed by atoms with E-state index in [1.807, 2.05) is 11.8 Å². The Balaban J connectivity index is 0.000000481. The molecule has 1 fully saturated rings. The van der Waals surface area contributed by atoms with Crippen LogP contribution in [0.25, 0.3) is 0 Å². The number of carbonyl (C=O) groups is 2. The number of benzene rings is 1. The van der Waals surface area contributed by atoms with Gasteiger partial charge in [-0.15, -0.1) is 0 Å². The Hall–Kier alpha value is -2.61. The molecule has 0 saturated carbocycles. The predicted octanol–water partition coefficient (Wildman–Crippen LogP) is 1.27. The molecule has 1 aromatic rings. The second-order valence-electron chi connectivity index (χ2n) is 7.70. The summed E-state index contributed by atoms with van der Waals surface area (Å²) in [5.74, 6) is 0.679. The van der Waals surface area contributed by atoms with Gasteiger partial charge in [0.15, 0.2) is 5.84 Å². The fourth-order valence-electron chi connectivity index (χ4n) is 3.54. The molecule has 0 aromatic heterocycles. The Morgan fingerprint density at radius 1 is 1.44 bits per heavy atom. The van der Waals surface area contributed by atoms with E-state index in [1.54, 1.807) is 0 Å². The van der Waals surface area contributed by atoms with Crippen LogP contribution in [0, 0.1) is 12.3 Å². The number of rotatable bonds is 2. The number of amides is 1. The zero-order chi connectivity index (χ0) is 19.8. The van der Waals surface area contributed by atoms with E-state index in [-0.39, 0.29) is 11.9 Å². The first-order valence-electron chi connectivity index (χ1n) is 9.02. The van der Waals surface area contributed by atoms with Crippen molar-refractivity contribution in [1.29, 1.82) is 0 Å². The van der Waals surface area contributed by atoms with Gasteiger partial charge in [-0.3, -0.25) is 9.59 Å². The van der Waals surface area contributed by atoms with Crippen LogP contribution in [0.4, 0.5) is 5.69 Å². The lowest BCUT2D eigenvalue weighted by molar-refractivity contribution is -0.134. The summed E-state index contributed by atoms with van der Waals surface area (Å²) in [4.78, 5) is 23.0. The molecule has 0 aliphatic carbocycles. The number of hydrogen-bond acceptors (Lipinski definition) is 6. The van der Waals surface area contributed by atoms with Crippen LogP contribution in [0.15, 0.2) is 17.2 Å². The maximum atomic E-state index is 12.0. The molecule has 1 amide bonds. The SMILES string of the molecule is CC(=O)O.Cc1cc2c(cc1CC1(C)CNC1)N1C(=NNC(=O)C1C)CO2. The molecule has 0 radical (unpaired) electrons. The van der Waals surface area contributed by atoms with Gasteiger partial charge in [-0.2, -0.15) is 5.10 Å². The minimum absolute atomic E-state index is 0.0844. The van der Waals surface area contributed by atoms with Crippen molar-refractivity contribution >= 4 is 23.4 Å². The van der Waals surface area contributed by atoms with E-state index in [4.69, 9.17) is 14.6 Å². The van der Waals surface area contributed by atoms with E-state index in [9.17, 15) is 4.79 Å². The minimum atomic E-state index is -0.833. The number of nitrogens with one attached hydrogen (secondary N) is 2. The number of hydrogen-bond donors (Lipinski definition) is 3. The zero-order valence-electron chi connectivity index (χ0n) is 16.1. The molecule has 3 aliphatic heterocycles. The number of aliphatic carboxylic acids is 1. The van der Waals surface area contributed by atoms with Crippen LogP contribution in [0.2, 0.25) is 0 Å². The van der Waals surface area contributed by atoms with E-state index in [0.29, 0.717) is 12.0 Å². The van der Waals surface area contributed by atoms with Crippen LogP contribution in [0.1, 0.15) is 31.9 Å². The van der Waals surface area contributed by atoms with Crippen molar-refractivity contribution in [3.05, 3.63) is 23.3 Å². The average molecular weight is 374 g/mol. The smallest absolute Gasteiger partial charge is 0.300 e. The fourth-order valence-corrected chi connectivity index (χ4v) is 3.54. The highest BCUT2D eigenvalue weighted by Gasteiger charge is 2.37. The molecule has 27 heavy (non-hydrogen) atoms. The molecule has 1 saturated heterocycles. The first kappa shape index (κ1) is 19.2. The topological polar surface area (TPSA) is 103 Å². The number of amidine groups is 1. The molecular weight excluding hydrogens is 348 g/mol.